The molecule has 4 heterocycles. The molecule has 1 N–H and O–H groups in total. The molecule has 4 aromatic rings. The van der Waals surface area contributed by atoms with Crippen LogP contribution in [0.25, 0.3) is 22.7 Å². The molecule has 1 saturated heterocycles. The predicted octanol–water partition coefficient (Wildman–Crippen LogP) is 4.21. The average Bonchev–Trinajstić information content (AvgIpc) is 3.55. The van der Waals surface area contributed by atoms with Crippen LogP contribution in [0, 0.1) is 0 Å². The summed E-state index contributed by atoms with van der Waals surface area (Å²) in [4.78, 5) is 14.8. The summed E-state index contributed by atoms with van der Waals surface area (Å²) in [6.45, 7) is 1.27. The molecule has 0 saturated carbocycles. The van der Waals surface area contributed by atoms with Crippen LogP contribution in [0.15, 0.2) is 57.6 Å². The van der Waals surface area contributed by atoms with Gasteiger partial charge in [-0.3, -0.25) is 9.89 Å². The zero-order valence-electron chi connectivity index (χ0n) is 15.6. The molecule has 1 fully saturated rings. The van der Waals surface area contributed by atoms with Gasteiger partial charge >= 0.3 is 0 Å². The van der Waals surface area contributed by atoms with Gasteiger partial charge in [0.25, 0.3) is 5.91 Å². The zero-order valence-corrected chi connectivity index (χ0v) is 16.4. The van der Waals surface area contributed by atoms with Gasteiger partial charge in [0.2, 0.25) is 11.8 Å². The number of carbonyl (C=O) groups excluding carboxylic acids is 1. The van der Waals surface area contributed by atoms with E-state index in [0.29, 0.717) is 30.6 Å². The molecule has 3 aromatic heterocycles. The molecule has 1 atom stereocenters. The summed E-state index contributed by atoms with van der Waals surface area (Å²) in [7, 11) is 0. The fraction of sp³-hybridized carbons (Fsp3) is 0.238. The number of nitrogens with zero attached hydrogens (tertiary/aromatic N) is 4. The summed E-state index contributed by atoms with van der Waals surface area (Å²) in [5.74, 6) is 1.12. The van der Waals surface area contributed by atoms with Gasteiger partial charge in [-0.1, -0.05) is 30.3 Å². The van der Waals surface area contributed by atoms with Gasteiger partial charge in [0.15, 0.2) is 0 Å². The third-order valence-corrected chi connectivity index (χ3v) is 5.83. The second kappa shape index (κ2) is 7.63. The Labute approximate surface area is 171 Å². The quantitative estimate of drug-likeness (QED) is 0.549. The van der Waals surface area contributed by atoms with Gasteiger partial charge in [0.05, 0.1) is 11.6 Å². The van der Waals surface area contributed by atoms with Gasteiger partial charge in [0, 0.05) is 29.6 Å². The number of hydrogen-bond donors (Lipinski definition) is 1. The smallest absolute Gasteiger partial charge is 0.271 e. The largest absolute Gasteiger partial charge is 0.420 e. The van der Waals surface area contributed by atoms with Gasteiger partial charge in [-0.05, 0) is 30.4 Å². The van der Waals surface area contributed by atoms with E-state index in [1.165, 1.54) is 0 Å². The molecule has 7 nitrogen and oxygen atoms in total. The molecule has 0 aliphatic carbocycles. The first-order valence-corrected chi connectivity index (χ1v) is 10.5. The first kappa shape index (κ1) is 17.8. The summed E-state index contributed by atoms with van der Waals surface area (Å²) in [6.07, 6.45) is 1.82. The maximum Gasteiger partial charge on any atom is 0.271 e. The minimum atomic E-state index is -0.0537. The lowest BCUT2D eigenvalue weighted by Crippen LogP contribution is -2.39. The van der Waals surface area contributed by atoms with Gasteiger partial charge in [-0.2, -0.15) is 16.4 Å². The second-order valence-electron chi connectivity index (χ2n) is 7.08. The van der Waals surface area contributed by atoms with Crippen molar-refractivity contribution in [1.29, 1.82) is 0 Å². The van der Waals surface area contributed by atoms with Crippen LogP contribution in [0.5, 0.6) is 0 Å². The highest BCUT2D eigenvalue weighted by atomic mass is 32.1. The Hall–Kier alpha value is -3.26. The highest BCUT2D eigenvalue weighted by Gasteiger charge is 2.30. The van der Waals surface area contributed by atoms with Crippen LogP contribution in [0.4, 0.5) is 0 Å². The maximum atomic E-state index is 13.0. The van der Waals surface area contributed by atoms with E-state index in [0.717, 1.165) is 29.7 Å². The van der Waals surface area contributed by atoms with Crippen molar-refractivity contribution >= 4 is 17.2 Å². The number of amides is 1. The van der Waals surface area contributed by atoms with E-state index >= 15 is 0 Å². The van der Waals surface area contributed by atoms with E-state index in [9.17, 15) is 4.79 Å². The Morgan fingerprint density at radius 1 is 1.17 bits per heavy atom. The fourth-order valence-electron chi connectivity index (χ4n) is 3.62. The Morgan fingerprint density at radius 2 is 2.07 bits per heavy atom. The van der Waals surface area contributed by atoms with Crippen molar-refractivity contribution in [3.63, 3.8) is 0 Å². The Bertz CT molecular complexity index is 1100. The molecular weight excluding hydrogens is 386 g/mol. The number of likely N-dealkylation sites (tertiary alicyclic amines) is 1. The zero-order chi connectivity index (χ0) is 19.6. The molecule has 146 valence electrons. The number of nitrogens with one attached hydrogen (secondary N) is 1. The number of aromatic amines is 1. The van der Waals surface area contributed by atoms with Gasteiger partial charge in [-0.15, -0.1) is 10.2 Å². The summed E-state index contributed by atoms with van der Waals surface area (Å²) in [6, 6.07) is 13.6. The van der Waals surface area contributed by atoms with Crippen molar-refractivity contribution in [1.82, 2.24) is 25.3 Å². The van der Waals surface area contributed by atoms with E-state index in [1.807, 2.05) is 58.1 Å². The second-order valence-corrected chi connectivity index (χ2v) is 7.86. The minimum absolute atomic E-state index is 0.0455. The first-order chi connectivity index (χ1) is 14.3. The van der Waals surface area contributed by atoms with Crippen molar-refractivity contribution in [2.24, 2.45) is 0 Å². The lowest BCUT2D eigenvalue weighted by molar-refractivity contribution is 0.0692. The predicted molar refractivity (Wildman–Crippen MR) is 110 cm³/mol. The minimum Gasteiger partial charge on any atom is -0.420 e. The van der Waals surface area contributed by atoms with E-state index in [1.54, 1.807) is 11.3 Å². The van der Waals surface area contributed by atoms with Crippen LogP contribution in [0.1, 0.15) is 35.1 Å². The fourth-order valence-corrected chi connectivity index (χ4v) is 4.25. The van der Waals surface area contributed by atoms with Gasteiger partial charge in [-0.25, -0.2) is 0 Å². The SMILES string of the molecule is O=C(c1cc(-c2ccccc2)n[nH]1)N1CCCC(c2nnc(-c3ccsc3)o2)C1. The maximum absolute atomic E-state index is 13.0. The molecule has 1 aliphatic rings. The van der Waals surface area contributed by atoms with Crippen molar-refractivity contribution in [2.75, 3.05) is 13.1 Å². The number of carbonyl (C=O) groups is 1. The van der Waals surface area contributed by atoms with Crippen molar-refractivity contribution in [3.05, 3.63) is 64.8 Å². The molecule has 1 unspecified atom stereocenters. The number of thiophene rings is 1. The topological polar surface area (TPSA) is 87.9 Å². The molecule has 8 heteroatoms. The van der Waals surface area contributed by atoms with Crippen LogP contribution in [-0.2, 0) is 0 Å². The van der Waals surface area contributed by atoms with Crippen LogP contribution in [-0.4, -0.2) is 44.3 Å². The van der Waals surface area contributed by atoms with Gasteiger partial charge < -0.3 is 9.32 Å². The van der Waals surface area contributed by atoms with E-state index in [2.05, 4.69) is 20.4 Å². The third kappa shape index (κ3) is 3.58. The molecular formula is C21H19N5O2S. The summed E-state index contributed by atoms with van der Waals surface area (Å²) in [5.41, 5.74) is 3.17. The van der Waals surface area contributed by atoms with E-state index in [4.69, 9.17) is 4.42 Å². The highest BCUT2D eigenvalue weighted by Crippen LogP contribution is 2.30. The number of H-pyrrole nitrogens is 1. The molecule has 1 aromatic carbocycles. The summed E-state index contributed by atoms with van der Waals surface area (Å²) < 4.78 is 5.89. The lowest BCUT2D eigenvalue weighted by Gasteiger charge is -2.30. The molecule has 5 rings (SSSR count). The summed E-state index contributed by atoms with van der Waals surface area (Å²) >= 11 is 1.59. The first-order valence-electron chi connectivity index (χ1n) is 9.54. The number of aromatic nitrogens is 4. The molecule has 29 heavy (non-hydrogen) atoms. The Morgan fingerprint density at radius 3 is 2.90 bits per heavy atom. The molecule has 1 aliphatic heterocycles. The van der Waals surface area contributed by atoms with Crippen LogP contribution in [0.3, 0.4) is 0 Å². The normalized spacial score (nSPS) is 16.8. The molecule has 0 bridgehead atoms. The number of piperidine rings is 1. The highest BCUT2D eigenvalue weighted by molar-refractivity contribution is 7.08. The Balaban J connectivity index is 1.31. The van der Waals surface area contributed by atoms with Crippen molar-refractivity contribution in [3.8, 4) is 22.7 Å². The standard InChI is InChI=1S/C21H19N5O2S/c27-21(18-11-17(22-23-18)14-5-2-1-3-6-14)26-9-4-7-15(12-26)19-24-25-20(28-19)16-8-10-29-13-16/h1-3,5-6,8,10-11,13,15H,4,7,9,12H2,(H,22,23). The Kier molecular flexibility index (Phi) is 4.69. The lowest BCUT2D eigenvalue weighted by atomic mass is 9.97. The van der Waals surface area contributed by atoms with Crippen LogP contribution < -0.4 is 0 Å². The monoisotopic (exact) mass is 405 g/mol. The number of benzene rings is 1. The van der Waals surface area contributed by atoms with Crippen molar-refractivity contribution in [2.45, 2.75) is 18.8 Å². The molecule has 1 amide bonds. The molecule has 0 radical (unpaired) electrons. The van der Waals surface area contributed by atoms with Gasteiger partial charge in [0.1, 0.15) is 5.69 Å². The van der Waals surface area contributed by atoms with Crippen LogP contribution in [0.2, 0.25) is 0 Å². The van der Waals surface area contributed by atoms with E-state index < -0.39 is 0 Å². The van der Waals surface area contributed by atoms with Crippen molar-refractivity contribution < 1.29 is 9.21 Å². The third-order valence-electron chi connectivity index (χ3n) is 5.14. The number of hydrogen-bond acceptors (Lipinski definition) is 6. The number of rotatable bonds is 4. The van der Waals surface area contributed by atoms with E-state index in [-0.39, 0.29) is 11.8 Å². The van der Waals surface area contributed by atoms with Crippen LogP contribution >= 0.6 is 11.3 Å². The summed E-state index contributed by atoms with van der Waals surface area (Å²) in [5, 5.41) is 19.6. The average molecular weight is 405 g/mol. The molecule has 0 spiro atoms.